The number of aliphatic imine (C=N–C) groups is 1. The highest BCUT2D eigenvalue weighted by molar-refractivity contribution is 5.90. The van der Waals surface area contributed by atoms with Crippen molar-refractivity contribution in [3.63, 3.8) is 0 Å². The quantitative estimate of drug-likeness (QED) is 0.224. The molecular formula is C12H20N4O5. The second-order valence-electron chi connectivity index (χ2n) is 4.77. The van der Waals surface area contributed by atoms with Crippen molar-refractivity contribution in [2.45, 2.75) is 25.3 Å². The van der Waals surface area contributed by atoms with Gasteiger partial charge in [-0.2, -0.15) is 0 Å². The minimum absolute atomic E-state index is 0.0235. The Labute approximate surface area is 121 Å². The molecule has 1 rings (SSSR count). The van der Waals surface area contributed by atoms with Gasteiger partial charge in [-0.25, -0.2) is 4.79 Å². The Hall–Kier alpha value is -2.32. The van der Waals surface area contributed by atoms with E-state index in [4.69, 9.17) is 11.5 Å². The van der Waals surface area contributed by atoms with E-state index in [1.165, 1.54) is 12.0 Å². The third kappa shape index (κ3) is 4.62. The minimum Gasteiger partial charge on any atom is -0.480 e. The molecule has 1 fully saturated rings. The summed E-state index contributed by atoms with van der Waals surface area (Å²) in [6.07, 6.45) is 0.609. The number of hydrogen-bond donors (Lipinski definition) is 3. The maximum absolute atomic E-state index is 11.9. The highest BCUT2D eigenvalue weighted by Crippen LogP contribution is 2.23. The molecule has 0 radical (unpaired) electrons. The van der Waals surface area contributed by atoms with Crippen LogP contribution in [-0.2, 0) is 19.1 Å². The zero-order valence-electron chi connectivity index (χ0n) is 11.8. The Bertz CT molecular complexity index is 447. The number of ether oxygens (including phenoxy) is 1. The maximum Gasteiger partial charge on any atom is 0.326 e. The van der Waals surface area contributed by atoms with Crippen molar-refractivity contribution in [2.75, 3.05) is 20.2 Å². The van der Waals surface area contributed by atoms with E-state index in [1.807, 2.05) is 0 Å². The fourth-order valence-corrected chi connectivity index (χ4v) is 2.26. The molecule has 0 bridgehead atoms. The van der Waals surface area contributed by atoms with E-state index in [2.05, 4.69) is 9.73 Å². The standard InChI is InChI=1S/C12H20N4O5/c1-21-11(20)7-5-9(17)16(6-7)8(10(18)19)3-2-4-15-12(13)14/h7-8H,2-6H2,1H3,(H,18,19)(H4,13,14,15). The molecule has 0 spiro atoms. The van der Waals surface area contributed by atoms with Gasteiger partial charge < -0.3 is 26.2 Å². The molecule has 9 nitrogen and oxygen atoms in total. The number of guanidine groups is 1. The van der Waals surface area contributed by atoms with Crippen molar-refractivity contribution in [2.24, 2.45) is 22.4 Å². The van der Waals surface area contributed by atoms with Gasteiger partial charge >= 0.3 is 11.9 Å². The molecule has 5 N–H and O–H groups in total. The lowest BCUT2D eigenvalue weighted by molar-refractivity contribution is -0.149. The fourth-order valence-electron chi connectivity index (χ4n) is 2.26. The summed E-state index contributed by atoms with van der Waals surface area (Å²) in [4.78, 5) is 39.6. The molecule has 0 aromatic heterocycles. The molecular weight excluding hydrogens is 280 g/mol. The summed E-state index contributed by atoms with van der Waals surface area (Å²) < 4.78 is 4.59. The van der Waals surface area contributed by atoms with E-state index < -0.39 is 23.9 Å². The maximum atomic E-state index is 11.9. The van der Waals surface area contributed by atoms with Crippen molar-refractivity contribution in [1.29, 1.82) is 0 Å². The van der Waals surface area contributed by atoms with Gasteiger partial charge in [-0.05, 0) is 12.8 Å². The number of rotatable bonds is 7. The van der Waals surface area contributed by atoms with Crippen LogP contribution in [0.2, 0.25) is 0 Å². The molecule has 9 heteroatoms. The lowest BCUT2D eigenvalue weighted by Crippen LogP contribution is -2.42. The van der Waals surface area contributed by atoms with Gasteiger partial charge in [0.1, 0.15) is 6.04 Å². The van der Waals surface area contributed by atoms with Crippen LogP contribution in [0.4, 0.5) is 0 Å². The van der Waals surface area contributed by atoms with Crippen LogP contribution in [0.25, 0.3) is 0 Å². The summed E-state index contributed by atoms with van der Waals surface area (Å²) in [7, 11) is 1.24. The number of likely N-dealkylation sites (tertiary alicyclic amines) is 1. The largest absolute Gasteiger partial charge is 0.480 e. The molecule has 2 unspecified atom stereocenters. The Morgan fingerprint density at radius 2 is 2.19 bits per heavy atom. The molecule has 0 aliphatic carbocycles. The highest BCUT2D eigenvalue weighted by atomic mass is 16.5. The molecule has 21 heavy (non-hydrogen) atoms. The van der Waals surface area contributed by atoms with Crippen LogP contribution in [0.3, 0.4) is 0 Å². The van der Waals surface area contributed by atoms with Gasteiger partial charge in [-0.3, -0.25) is 14.6 Å². The van der Waals surface area contributed by atoms with Gasteiger partial charge in [-0.1, -0.05) is 0 Å². The Morgan fingerprint density at radius 1 is 1.52 bits per heavy atom. The van der Waals surface area contributed by atoms with Crippen molar-refractivity contribution in [3.8, 4) is 0 Å². The summed E-state index contributed by atoms with van der Waals surface area (Å²) in [5, 5.41) is 9.25. The monoisotopic (exact) mass is 300 g/mol. The van der Waals surface area contributed by atoms with E-state index in [-0.39, 0.29) is 37.8 Å². The first-order valence-corrected chi connectivity index (χ1v) is 6.52. The molecule has 0 aromatic rings. The van der Waals surface area contributed by atoms with Gasteiger partial charge in [0.05, 0.1) is 13.0 Å². The third-order valence-electron chi connectivity index (χ3n) is 3.28. The van der Waals surface area contributed by atoms with E-state index in [0.29, 0.717) is 6.42 Å². The summed E-state index contributed by atoms with van der Waals surface area (Å²) >= 11 is 0. The highest BCUT2D eigenvalue weighted by Gasteiger charge is 2.40. The predicted molar refractivity (Wildman–Crippen MR) is 73.2 cm³/mol. The first-order valence-electron chi connectivity index (χ1n) is 6.52. The summed E-state index contributed by atoms with van der Waals surface area (Å²) in [5.74, 6) is -2.65. The lowest BCUT2D eigenvalue weighted by atomic mass is 10.1. The first-order chi connectivity index (χ1) is 9.86. The number of carbonyl (C=O) groups is 3. The first kappa shape index (κ1) is 16.7. The number of carboxylic acid groups (broad SMARTS) is 1. The van der Waals surface area contributed by atoms with Crippen LogP contribution < -0.4 is 11.5 Å². The van der Waals surface area contributed by atoms with Crippen LogP contribution in [0.1, 0.15) is 19.3 Å². The zero-order chi connectivity index (χ0) is 16.0. The molecule has 0 aromatic carbocycles. The van der Waals surface area contributed by atoms with Crippen molar-refractivity contribution >= 4 is 23.8 Å². The Balaban J connectivity index is 2.64. The molecule has 1 amide bonds. The van der Waals surface area contributed by atoms with Crippen LogP contribution in [0.15, 0.2) is 4.99 Å². The number of esters is 1. The molecule has 118 valence electrons. The number of methoxy groups -OCH3 is 1. The number of carbonyl (C=O) groups excluding carboxylic acids is 2. The number of aliphatic carboxylic acids is 1. The zero-order valence-corrected chi connectivity index (χ0v) is 11.8. The van der Waals surface area contributed by atoms with Crippen LogP contribution in [0, 0.1) is 5.92 Å². The lowest BCUT2D eigenvalue weighted by Gasteiger charge is -2.24. The average molecular weight is 300 g/mol. The molecule has 1 aliphatic rings. The van der Waals surface area contributed by atoms with Gasteiger partial charge in [0.15, 0.2) is 5.96 Å². The smallest absolute Gasteiger partial charge is 0.326 e. The van der Waals surface area contributed by atoms with Gasteiger partial charge in [0, 0.05) is 19.5 Å². The summed E-state index contributed by atoms with van der Waals surface area (Å²) in [6.45, 7) is 0.347. The number of nitrogens with two attached hydrogens (primary N) is 2. The van der Waals surface area contributed by atoms with Gasteiger partial charge in [0.2, 0.25) is 5.91 Å². The normalized spacial score (nSPS) is 19.2. The second kappa shape index (κ2) is 7.46. The number of amides is 1. The number of hydrogen-bond acceptors (Lipinski definition) is 5. The molecule has 0 saturated carbocycles. The second-order valence-corrected chi connectivity index (χ2v) is 4.77. The van der Waals surface area contributed by atoms with Crippen LogP contribution in [0.5, 0.6) is 0 Å². The topological polar surface area (TPSA) is 148 Å². The van der Waals surface area contributed by atoms with Gasteiger partial charge in [-0.15, -0.1) is 0 Å². The third-order valence-corrected chi connectivity index (χ3v) is 3.28. The van der Waals surface area contributed by atoms with Crippen molar-refractivity contribution < 1.29 is 24.2 Å². The van der Waals surface area contributed by atoms with E-state index in [1.54, 1.807) is 0 Å². The van der Waals surface area contributed by atoms with Gasteiger partial charge in [0.25, 0.3) is 0 Å². The van der Waals surface area contributed by atoms with Crippen LogP contribution >= 0.6 is 0 Å². The number of nitrogens with zero attached hydrogens (tertiary/aromatic N) is 2. The molecule has 1 saturated heterocycles. The molecule has 1 aliphatic heterocycles. The summed E-state index contributed by atoms with van der Waals surface area (Å²) in [6, 6.07) is -0.985. The van der Waals surface area contributed by atoms with Crippen molar-refractivity contribution in [1.82, 2.24) is 4.90 Å². The average Bonchev–Trinajstić information content (AvgIpc) is 2.79. The Morgan fingerprint density at radius 3 is 2.71 bits per heavy atom. The molecule has 1 heterocycles. The van der Waals surface area contributed by atoms with Crippen LogP contribution in [-0.4, -0.2) is 60.1 Å². The SMILES string of the molecule is COC(=O)C1CC(=O)N(C(CCCN=C(N)N)C(=O)O)C1. The van der Waals surface area contributed by atoms with Crippen molar-refractivity contribution in [3.05, 3.63) is 0 Å². The molecule has 2 atom stereocenters. The Kier molecular flexibility index (Phi) is 5.94. The minimum atomic E-state index is -1.11. The van der Waals surface area contributed by atoms with E-state index in [9.17, 15) is 19.5 Å². The predicted octanol–water partition coefficient (Wildman–Crippen LogP) is -1.49. The van der Waals surface area contributed by atoms with E-state index >= 15 is 0 Å². The fraction of sp³-hybridized carbons (Fsp3) is 0.667. The summed E-state index contributed by atoms with van der Waals surface area (Å²) in [5.41, 5.74) is 10.4. The number of carboxylic acids is 1. The van der Waals surface area contributed by atoms with E-state index in [0.717, 1.165) is 0 Å².